The fourth-order valence-corrected chi connectivity index (χ4v) is 3.21. The van der Waals surface area contributed by atoms with Crippen LogP contribution in [0.4, 0.5) is 0 Å². The van der Waals surface area contributed by atoms with Crippen LogP contribution in [0.5, 0.6) is 0 Å². The summed E-state index contributed by atoms with van der Waals surface area (Å²) in [6.45, 7) is 7.12. The van der Waals surface area contributed by atoms with Gasteiger partial charge in [0.15, 0.2) is 0 Å². The highest BCUT2D eigenvalue weighted by atomic mass is 16.3. The second-order valence-corrected chi connectivity index (χ2v) is 5.91. The van der Waals surface area contributed by atoms with Crippen molar-refractivity contribution in [1.29, 1.82) is 0 Å². The van der Waals surface area contributed by atoms with E-state index in [9.17, 15) is 5.11 Å². The molecule has 1 saturated carbocycles. The Morgan fingerprint density at radius 3 is 2.47 bits per heavy atom. The van der Waals surface area contributed by atoms with Crippen LogP contribution in [0.3, 0.4) is 0 Å². The number of aliphatic hydroxyl groups excluding tert-OH is 1. The van der Waals surface area contributed by atoms with E-state index in [1.165, 1.54) is 24.8 Å². The zero-order valence-electron chi connectivity index (χ0n) is 10.1. The molecule has 84 valence electrons. The van der Waals surface area contributed by atoms with Crippen LogP contribution in [0.25, 0.3) is 0 Å². The molecule has 0 aromatic rings. The summed E-state index contributed by atoms with van der Waals surface area (Å²) in [5.41, 5.74) is 2.15. The molecule has 0 spiro atoms. The Balaban J connectivity index is 2.33. The molecular formula is C14H22O. The maximum Gasteiger partial charge on any atom is 0.111 e. The Kier molecular flexibility index (Phi) is 2.44. The standard InChI is InChI=1S/C14H22O/c1-13(2)8-5-9-14(13,3)11-6-4-7-12(15)10-11/h7,10,15H,4-6,8-9H2,1-3H3/t14-/m1/s1. The fraction of sp³-hybridized carbons (Fsp3) is 0.714. The van der Waals surface area contributed by atoms with Gasteiger partial charge in [-0.2, -0.15) is 0 Å². The lowest BCUT2D eigenvalue weighted by Crippen LogP contribution is -2.32. The molecule has 0 amide bonds. The summed E-state index contributed by atoms with van der Waals surface area (Å²) < 4.78 is 0. The van der Waals surface area contributed by atoms with Gasteiger partial charge in [-0.1, -0.05) is 32.8 Å². The van der Waals surface area contributed by atoms with Crippen LogP contribution in [0.2, 0.25) is 0 Å². The van der Waals surface area contributed by atoms with Gasteiger partial charge in [-0.15, -0.1) is 0 Å². The lowest BCUT2D eigenvalue weighted by molar-refractivity contribution is 0.170. The molecule has 0 bridgehead atoms. The van der Waals surface area contributed by atoms with Gasteiger partial charge in [0.2, 0.25) is 0 Å². The lowest BCUT2D eigenvalue weighted by atomic mass is 9.63. The molecule has 0 radical (unpaired) electrons. The number of aliphatic hydroxyl groups is 1. The third-order valence-corrected chi connectivity index (χ3v) is 4.77. The van der Waals surface area contributed by atoms with Gasteiger partial charge >= 0.3 is 0 Å². The van der Waals surface area contributed by atoms with Crippen molar-refractivity contribution in [2.45, 2.75) is 52.9 Å². The van der Waals surface area contributed by atoms with Crippen LogP contribution in [-0.2, 0) is 0 Å². The first kappa shape index (κ1) is 10.8. The molecule has 1 fully saturated rings. The molecule has 15 heavy (non-hydrogen) atoms. The van der Waals surface area contributed by atoms with Crippen LogP contribution in [0.15, 0.2) is 23.5 Å². The molecule has 1 heteroatoms. The van der Waals surface area contributed by atoms with Gasteiger partial charge < -0.3 is 5.11 Å². The quantitative estimate of drug-likeness (QED) is 0.675. The van der Waals surface area contributed by atoms with E-state index in [2.05, 4.69) is 20.8 Å². The molecule has 2 aliphatic rings. The third-order valence-electron chi connectivity index (χ3n) is 4.77. The molecule has 0 aromatic carbocycles. The molecular weight excluding hydrogens is 184 g/mol. The zero-order chi connectivity index (χ0) is 11.1. The van der Waals surface area contributed by atoms with Gasteiger partial charge in [-0.3, -0.25) is 0 Å². The Morgan fingerprint density at radius 1 is 1.20 bits per heavy atom. The first-order valence-corrected chi connectivity index (χ1v) is 6.06. The van der Waals surface area contributed by atoms with Crippen molar-refractivity contribution in [1.82, 2.24) is 0 Å². The molecule has 0 unspecified atom stereocenters. The Labute approximate surface area is 92.9 Å². The summed E-state index contributed by atoms with van der Waals surface area (Å²) in [4.78, 5) is 0. The molecule has 0 saturated heterocycles. The normalized spacial score (nSPS) is 34.9. The van der Waals surface area contributed by atoms with Crippen molar-refractivity contribution in [2.75, 3.05) is 0 Å². The predicted molar refractivity (Wildman–Crippen MR) is 63.8 cm³/mol. The fourth-order valence-electron chi connectivity index (χ4n) is 3.21. The van der Waals surface area contributed by atoms with E-state index in [4.69, 9.17) is 0 Å². The summed E-state index contributed by atoms with van der Waals surface area (Å²) in [6.07, 6.45) is 9.98. The Hall–Kier alpha value is -0.720. The second kappa shape index (κ2) is 3.40. The molecule has 0 heterocycles. The number of hydrogen-bond donors (Lipinski definition) is 1. The first-order chi connectivity index (χ1) is 6.96. The number of hydrogen-bond acceptors (Lipinski definition) is 1. The van der Waals surface area contributed by atoms with Crippen LogP contribution >= 0.6 is 0 Å². The van der Waals surface area contributed by atoms with Crippen molar-refractivity contribution < 1.29 is 5.11 Å². The van der Waals surface area contributed by atoms with Gasteiger partial charge in [0.1, 0.15) is 5.76 Å². The SMILES string of the molecule is CC1(C)CCC[C@]1(C)C1=CC(O)=CCC1. The average molecular weight is 206 g/mol. The molecule has 0 aliphatic heterocycles. The van der Waals surface area contributed by atoms with Gasteiger partial charge in [-0.05, 0) is 48.7 Å². The first-order valence-electron chi connectivity index (χ1n) is 6.06. The minimum Gasteiger partial charge on any atom is -0.508 e. The highest BCUT2D eigenvalue weighted by Gasteiger charge is 2.47. The smallest absolute Gasteiger partial charge is 0.111 e. The van der Waals surface area contributed by atoms with Gasteiger partial charge in [0.05, 0.1) is 0 Å². The number of rotatable bonds is 1. The van der Waals surface area contributed by atoms with Gasteiger partial charge in [0.25, 0.3) is 0 Å². The summed E-state index contributed by atoms with van der Waals surface area (Å²) in [5, 5.41) is 9.61. The van der Waals surface area contributed by atoms with Crippen LogP contribution in [-0.4, -0.2) is 5.11 Å². The van der Waals surface area contributed by atoms with Crippen molar-refractivity contribution in [2.24, 2.45) is 10.8 Å². The Morgan fingerprint density at radius 2 is 1.93 bits per heavy atom. The molecule has 2 rings (SSSR count). The zero-order valence-corrected chi connectivity index (χ0v) is 10.1. The number of allylic oxidation sites excluding steroid dienone is 3. The van der Waals surface area contributed by atoms with E-state index in [1.807, 2.05) is 12.2 Å². The minimum absolute atomic E-state index is 0.301. The van der Waals surface area contributed by atoms with E-state index < -0.39 is 0 Å². The minimum atomic E-state index is 0.301. The van der Waals surface area contributed by atoms with E-state index in [-0.39, 0.29) is 0 Å². The van der Waals surface area contributed by atoms with Gasteiger partial charge in [-0.25, -0.2) is 0 Å². The maximum absolute atomic E-state index is 9.61. The van der Waals surface area contributed by atoms with Crippen LogP contribution in [0, 0.1) is 10.8 Å². The topological polar surface area (TPSA) is 20.2 Å². The maximum atomic E-state index is 9.61. The highest BCUT2D eigenvalue weighted by molar-refractivity contribution is 5.30. The van der Waals surface area contributed by atoms with E-state index in [1.54, 1.807) is 0 Å². The predicted octanol–water partition coefficient (Wildman–Crippen LogP) is 4.36. The van der Waals surface area contributed by atoms with E-state index in [0.29, 0.717) is 16.6 Å². The van der Waals surface area contributed by atoms with Gasteiger partial charge in [0, 0.05) is 0 Å². The van der Waals surface area contributed by atoms with E-state index in [0.717, 1.165) is 12.8 Å². The largest absolute Gasteiger partial charge is 0.508 e. The molecule has 1 N–H and O–H groups in total. The van der Waals surface area contributed by atoms with Crippen molar-refractivity contribution >= 4 is 0 Å². The summed E-state index contributed by atoms with van der Waals surface area (Å²) >= 11 is 0. The van der Waals surface area contributed by atoms with Crippen molar-refractivity contribution in [3.8, 4) is 0 Å². The highest BCUT2D eigenvalue weighted by Crippen LogP contribution is 2.57. The monoisotopic (exact) mass is 206 g/mol. The van der Waals surface area contributed by atoms with Crippen LogP contribution < -0.4 is 0 Å². The lowest BCUT2D eigenvalue weighted by Gasteiger charge is -2.41. The summed E-state index contributed by atoms with van der Waals surface area (Å²) in [5.74, 6) is 0.472. The third kappa shape index (κ3) is 1.62. The Bertz CT molecular complexity index is 322. The molecule has 0 aromatic heterocycles. The summed E-state index contributed by atoms with van der Waals surface area (Å²) in [7, 11) is 0. The average Bonchev–Trinajstić information content (AvgIpc) is 2.43. The summed E-state index contributed by atoms with van der Waals surface area (Å²) in [6, 6.07) is 0. The van der Waals surface area contributed by atoms with E-state index >= 15 is 0 Å². The second-order valence-electron chi connectivity index (χ2n) is 5.91. The van der Waals surface area contributed by atoms with Crippen molar-refractivity contribution in [3.63, 3.8) is 0 Å². The van der Waals surface area contributed by atoms with Crippen LogP contribution in [0.1, 0.15) is 52.9 Å². The van der Waals surface area contributed by atoms with Crippen molar-refractivity contribution in [3.05, 3.63) is 23.5 Å². The molecule has 1 nitrogen and oxygen atoms in total. The molecule has 1 atom stereocenters. The molecule has 2 aliphatic carbocycles.